The van der Waals surface area contributed by atoms with Crippen molar-refractivity contribution < 1.29 is 4.39 Å². The molecule has 3 rings (SSSR count). The van der Waals surface area contributed by atoms with E-state index in [2.05, 4.69) is 25.5 Å². The first-order chi connectivity index (χ1) is 12.6. The molecule has 0 saturated carbocycles. The van der Waals surface area contributed by atoms with Gasteiger partial charge in [-0.05, 0) is 55.6 Å². The van der Waals surface area contributed by atoms with Crippen molar-refractivity contribution in [3.63, 3.8) is 0 Å². The van der Waals surface area contributed by atoms with E-state index >= 15 is 0 Å². The second-order valence-electron chi connectivity index (χ2n) is 6.18. The second kappa shape index (κ2) is 9.09. The third-order valence-electron chi connectivity index (χ3n) is 4.18. The van der Waals surface area contributed by atoms with E-state index in [0.29, 0.717) is 22.8 Å². The van der Waals surface area contributed by atoms with Gasteiger partial charge in [0.15, 0.2) is 5.11 Å². The fourth-order valence-electron chi connectivity index (χ4n) is 2.86. The lowest BCUT2D eigenvalue weighted by Gasteiger charge is -2.17. The van der Waals surface area contributed by atoms with Crippen molar-refractivity contribution in [2.75, 3.05) is 29.9 Å². The van der Waals surface area contributed by atoms with E-state index in [1.165, 1.54) is 25.0 Å². The molecule has 0 bridgehead atoms. The Morgan fingerprint density at radius 1 is 1.19 bits per heavy atom. The summed E-state index contributed by atoms with van der Waals surface area (Å²) in [7, 11) is 0. The van der Waals surface area contributed by atoms with Gasteiger partial charge in [-0.2, -0.15) is 4.98 Å². The number of hydrogen-bond acceptors (Lipinski definition) is 4. The highest BCUT2D eigenvalue weighted by Crippen LogP contribution is 2.22. The maximum atomic E-state index is 12.9. The molecular weight excluding hydrogens is 373 g/mol. The molecule has 1 saturated heterocycles. The van der Waals surface area contributed by atoms with E-state index in [1.807, 2.05) is 0 Å². The molecule has 2 N–H and O–H groups in total. The van der Waals surface area contributed by atoms with Crippen molar-refractivity contribution in [2.45, 2.75) is 25.7 Å². The van der Waals surface area contributed by atoms with Crippen LogP contribution in [0.2, 0.25) is 5.15 Å². The Balaban J connectivity index is 1.46. The van der Waals surface area contributed by atoms with Gasteiger partial charge in [-0.25, -0.2) is 9.37 Å². The molecule has 1 fully saturated rings. The van der Waals surface area contributed by atoms with Crippen LogP contribution in [0.3, 0.4) is 0 Å². The van der Waals surface area contributed by atoms with Crippen LogP contribution in [0.25, 0.3) is 0 Å². The predicted octanol–water partition coefficient (Wildman–Crippen LogP) is 3.79. The lowest BCUT2D eigenvalue weighted by Crippen LogP contribution is -2.30. The number of aromatic nitrogens is 2. The van der Waals surface area contributed by atoms with Gasteiger partial charge >= 0.3 is 0 Å². The number of halogens is 2. The van der Waals surface area contributed by atoms with Crippen LogP contribution in [0.15, 0.2) is 30.3 Å². The third-order valence-corrected chi connectivity index (χ3v) is 4.62. The molecule has 8 heteroatoms. The molecule has 0 spiro atoms. The van der Waals surface area contributed by atoms with Crippen LogP contribution >= 0.6 is 23.8 Å². The summed E-state index contributed by atoms with van der Waals surface area (Å²) in [6.07, 6.45) is 4.06. The Morgan fingerprint density at radius 3 is 2.65 bits per heavy atom. The summed E-state index contributed by atoms with van der Waals surface area (Å²) in [5, 5.41) is 6.97. The number of aryl methyl sites for hydroxylation is 1. The monoisotopic (exact) mass is 393 g/mol. The molecular formula is C18H21ClFN5S. The molecule has 1 aliphatic rings. The molecule has 0 amide bonds. The molecule has 0 radical (unpaired) electrons. The molecule has 5 nitrogen and oxygen atoms in total. The molecule has 0 atom stereocenters. The number of rotatable bonds is 6. The Labute approximate surface area is 163 Å². The van der Waals surface area contributed by atoms with Crippen LogP contribution in [0.5, 0.6) is 0 Å². The van der Waals surface area contributed by atoms with Crippen LogP contribution in [0.1, 0.15) is 24.8 Å². The molecule has 2 heterocycles. The summed E-state index contributed by atoms with van der Waals surface area (Å²) in [4.78, 5) is 10.9. The van der Waals surface area contributed by atoms with Gasteiger partial charge in [0, 0.05) is 25.7 Å². The average Bonchev–Trinajstić information content (AvgIpc) is 3.14. The topological polar surface area (TPSA) is 53.1 Å². The van der Waals surface area contributed by atoms with Gasteiger partial charge in [-0.15, -0.1) is 0 Å². The summed E-state index contributed by atoms with van der Waals surface area (Å²) in [6, 6.07) is 8.32. The maximum absolute atomic E-state index is 12.9. The Kier molecular flexibility index (Phi) is 6.57. The Hall–Kier alpha value is -1.99. The smallest absolute Gasteiger partial charge is 0.232 e. The van der Waals surface area contributed by atoms with Crippen molar-refractivity contribution >= 4 is 40.7 Å². The van der Waals surface area contributed by atoms with E-state index in [1.54, 1.807) is 18.2 Å². The van der Waals surface area contributed by atoms with Crippen molar-refractivity contribution in [3.05, 3.63) is 46.9 Å². The van der Waals surface area contributed by atoms with E-state index < -0.39 is 0 Å². The highest BCUT2D eigenvalue weighted by atomic mass is 35.5. The zero-order chi connectivity index (χ0) is 18.4. The zero-order valence-corrected chi connectivity index (χ0v) is 15.9. The first-order valence-electron chi connectivity index (χ1n) is 8.69. The lowest BCUT2D eigenvalue weighted by atomic mass is 10.1. The lowest BCUT2D eigenvalue weighted by molar-refractivity contribution is 0.626. The van der Waals surface area contributed by atoms with E-state index in [4.69, 9.17) is 23.8 Å². The fourth-order valence-corrected chi connectivity index (χ4v) is 3.23. The van der Waals surface area contributed by atoms with Crippen molar-refractivity contribution in [3.8, 4) is 0 Å². The molecule has 26 heavy (non-hydrogen) atoms. The minimum absolute atomic E-state index is 0.216. The SMILES string of the molecule is Fc1ccc(CCCNC(=S)Nc2nc(Cl)cc(N3CCCC3)n2)cc1. The number of nitrogens with one attached hydrogen (secondary N) is 2. The van der Waals surface area contributed by atoms with Crippen LogP contribution in [-0.2, 0) is 6.42 Å². The largest absolute Gasteiger partial charge is 0.362 e. The van der Waals surface area contributed by atoms with Crippen LogP contribution in [-0.4, -0.2) is 34.7 Å². The van der Waals surface area contributed by atoms with Crippen molar-refractivity contribution in [1.82, 2.24) is 15.3 Å². The number of benzene rings is 1. The number of nitrogens with zero attached hydrogens (tertiary/aromatic N) is 3. The van der Waals surface area contributed by atoms with Crippen molar-refractivity contribution in [1.29, 1.82) is 0 Å². The standard InChI is InChI=1S/C18H21ClFN5S/c19-15-12-16(25-10-1-2-11-25)23-17(22-15)24-18(26)21-9-3-4-13-5-7-14(20)8-6-13/h5-8,12H,1-4,9-11H2,(H2,21,22,23,24,26). The number of hydrogen-bond donors (Lipinski definition) is 2. The maximum Gasteiger partial charge on any atom is 0.232 e. The first-order valence-corrected chi connectivity index (χ1v) is 9.47. The molecule has 2 aromatic rings. The van der Waals surface area contributed by atoms with Crippen molar-refractivity contribution in [2.24, 2.45) is 0 Å². The van der Waals surface area contributed by atoms with Gasteiger partial charge in [0.2, 0.25) is 5.95 Å². The minimum atomic E-state index is -0.216. The van der Waals surface area contributed by atoms with Crippen LogP contribution in [0.4, 0.5) is 16.2 Å². The number of thiocarbonyl (C=S) groups is 1. The molecule has 138 valence electrons. The summed E-state index contributed by atoms with van der Waals surface area (Å²) in [5.74, 6) is 1.01. The van der Waals surface area contributed by atoms with E-state index in [0.717, 1.165) is 37.3 Å². The van der Waals surface area contributed by atoms with Gasteiger partial charge in [0.25, 0.3) is 0 Å². The van der Waals surface area contributed by atoms with E-state index in [-0.39, 0.29) is 5.82 Å². The highest BCUT2D eigenvalue weighted by molar-refractivity contribution is 7.80. The molecule has 0 unspecified atom stereocenters. The molecule has 1 aromatic carbocycles. The van der Waals surface area contributed by atoms with Crippen LogP contribution in [0, 0.1) is 5.82 Å². The molecule has 1 aromatic heterocycles. The first kappa shape index (κ1) is 18.8. The zero-order valence-electron chi connectivity index (χ0n) is 14.3. The summed E-state index contributed by atoms with van der Waals surface area (Å²) in [6.45, 7) is 2.67. The average molecular weight is 394 g/mol. The quantitative estimate of drug-likeness (QED) is 0.442. The summed E-state index contributed by atoms with van der Waals surface area (Å²) in [5.41, 5.74) is 1.10. The highest BCUT2D eigenvalue weighted by Gasteiger charge is 2.15. The van der Waals surface area contributed by atoms with Crippen LogP contribution < -0.4 is 15.5 Å². The third kappa shape index (κ3) is 5.51. The van der Waals surface area contributed by atoms with Gasteiger partial charge in [0.1, 0.15) is 16.8 Å². The van der Waals surface area contributed by atoms with Gasteiger partial charge in [0.05, 0.1) is 0 Å². The van der Waals surface area contributed by atoms with E-state index in [9.17, 15) is 4.39 Å². The number of anilines is 2. The normalized spacial score (nSPS) is 13.7. The Bertz CT molecular complexity index is 750. The second-order valence-corrected chi connectivity index (χ2v) is 6.97. The van der Waals surface area contributed by atoms with Gasteiger partial charge < -0.3 is 15.5 Å². The fraction of sp³-hybridized carbons (Fsp3) is 0.389. The minimum Gasteiger partial charge on any atom is -0.362 e. The van der Waals surface area contributed by atoms with Gasteiger partial charge in [-0.1, -0.05) is 23.7 Å². The summed E-state index contributed by atoms with van der Waals surface area (Å²) < 4.78 is 12.9. The predicted molar refractivity (Wildman–Crippen MR) is 107 cm³/mol. The summed E-state index contributed by atoms with van der Waals surface area (Å²) >= 11 is 11.4. The Morgan fingerprint density at radius 2 is 1.92 bits per heavy atom. The molecule has 0 aliphatic carbocycles. The molecule has 1 aliphatic heterocycles. The van der Waals surface area contributed by atoms with Gasteiger partial charge in [-0.3, -0.25) is 0 Å².